The molecule has 0 aliphatic carbocycles. The second-order valence-corrected chi connectivity index (χ2v) is 6.64. The second-order valence-electron chi connectivity index (χ2n) is 6.64. The van der Waals surface area contributed by atoms with Crippen molar-refractivity contribution in [3.63, 3.8) is 0 Å². The first-order valence-electron chi connectivity index (χ1n) is 7.37. The molecule has 0 aliphatic heterocycles. The molecule has 0 spiro atoms. The number of rotatable bonds is 3. The first-order chi connectivity index (χ1) is 10.2. The van der Waals surface area contributed by atoms with Gasteiger partial charge in [0.2, 0.25) is 5.91 Å². The van der Waals surface area contributed by atoms with Crippen LogP contribution in [0.1, 0.15) is 31.9 Å². The number of hydrogen-bond acceptors (Lipinski definition) is 3. The molecular weight excluding hydrogens is 274 g/mol. The zero-order chi connectivity index (χ0) is 16.3. The van der Waals surface area contributed by atoms with Gasteiger partial charge in [0.15, 0.2) is 0 Å². The molecule has 116 valence electrons. The Morgan fingerprint density at radius 2 is 1.64 bits per heavy atom. The number of nitrogens with zero attached hydrogens (tertiary/aromatic N) is 1. The minimum Gasteiger partial charge on any atom is -0.340 e. The number of nitrogens with one attached hydrogen (secondary N) is 2. The average Bonchev–Trinajstić information content (AvgIpc) is 2.38. The van der Waals surface area contributed by atoms with Gasteiger partial charge in [0.1, 0.15) is 5.82 Å². The van der Waals surface area contributed by atoms with E-state index in [1.54, 1.807) is 6.20 Å². The Balaban J connectivity index is 2.07. The van der Waals surface area contributed by atoms with Crippen molar-refractivity contribution in [2.75, 3.05) is 10.6 Å². The highest BCUT2D eigenvalue weighted by Crippen LogP contribution is 2.20. The van der Waals surface area contributed by atoms with Crippen molar-refractivity contribution >= 4 is 23.1 Å². The van der Waals surface area contributed by atoms with Crippen LogP contribution in [0.2, 0.25) is 0 Å². The van der Waals surface area contributed by atoms with Crippen LogP contribution in [0.25, 0.3) is 0 Å². The molecule has 0 saturated carbocycles. The van der Waals surface area contributed by atoms with Gasteiger partial charge in [-0.05, 0) is 49.2 Å². The number of benzene rings is 1. The summed E-state index contributed by atoms with van der Waals surface area (Å²) >= 11 is 0. The zero-order valence-corrected chi connectivity index (χ0v) is 13.8. The smallest absolute Gasteiger partial charge is 0.229 e. The molecule has 1 heterocycles. The molecule has 0 fully saturated rings. The molecule has 2 aromatic rings. The lowest BCUT2D eigenvalue weighted by atomic mass is 9.96. The number of carbonyl (C=O) groups excluding carboxylic acids is 1. The Hall–Kier alpha value is -2.36. The fourth-order valence-corrected chi connectivity index (χ4v) is 2.06. The normalized spacial score (nSPS) is 11.1. The number of hydrogen-bond donors (Lipinski definition) is 2. The van der Waals surface area contributed by atoms with Gasteiger partial charge in [-0.25, -0.2) is 4.98 Å². The van der Waals surface area contributed by atoms with E-state index in [0.29, 0.717) is 5.69 Å². The van der Waals surface area contributed by atoms with E-state index in [0.717, 1.165) is 11.5 Å². The van der Waals surface area contributed by atoms with Crippen LogP contribution < -0.4 is 10.6 Å². The van der Waals surface area contributed by atoms with Crippen molar-refractivity contribution in [1.29, 1.82) is 0 Å². The van der Waals surface area contributed by atoms with E-state index in [-0.39, 0.29) is 5.91 Å². The summed E-state index contributed by atoms with van der Waals surface area (Å²) in [6.45, 7) is 9.77. The van der Waals surface area contributed by atoms with Gasteiger partial charge in [-0.3, -0.25) is 4.79 Å². The highest BCUT2D eigenvalue weighted by atomic mass is 16.2. The zero-order valence-electron chi connectivity index (χ0n) is 13.8. The van der Waals surface area contributed by atoms with Gasteiger partial charge in [0.25, 0.3) is 0 Å². The molecule has 22 heavy (non-hydrogen) atoms. The van der Waals surface area contributed by atoms with Crippen molar-refractivity contribution < 1.29 is 4.79 Å². The largest absolute Gasteiger partial charge is 0.340 e. The molecule has 0 bridgehead atoms. The second kappa shape index (κ2) is 6.18. The van der Waals surface area contributed by atoms with Crippen LogP contribution in [0.4, 0.5) is 17.2 Å². The molecule has 0 atom stereocenters. The minimum atomic E-state index is -0.421. The van der Waals surface area contributed by atoms with Crippen LogP contribution in [-0.4, -0.2) is 10.9 Å². The predicted molar refractivity (Wildman–Crippen MR) is 91.5 cm³/mol. The summed E-state index contributed by atoms with van der Waals surface area (Å²) in [6.07, 6.45) is 1.66. The Kier molecular flexibility index (Phi) is 4.50. The number of anilines is 3. The van der Waals surface area contributed by atoms with E-state index in [1.165, 1.54) is 11.1 Å². The van der Waals surface area contributed by atoms with Gasteiger partial charge < -0.3 is 10.6 Å². The molecule has 0 saturated heterocycles. The molecule has 0 aliphatic rings. The Morgan fingerprint density at radius 3 is 2.14 bits per heavy atom. The van der Waals surface area contributed by atoms with E-state index in [4.69, 9.17) is 0 Å². The molecular formula is C18H23N3O. The van der Waals surface area contributed by atoms with E-state index < -0.39 is 5.41 Å². The first kappa shape index (κ1) is 16.0. The summed E-state index contributed by atoms with van der Waals surface area (Å²) in [7, 11) is 0. The molecule has 0 unspecified atom stereocenters. The predicted octanol–water partition coefficient (Wildman–Crippen LogP) is 4.43. The lowest BCUT2D eigenvalue weighted by Crippen LogP contribution is -2.27. The molecule has 0 radical (unpaired) electrons. The summed E-state index contributed by atoms with van der Waals surface area (Å²) in [5.74, 6) is 0.725. The molecule has 4 nitrogen and oxygen atoms in total. The van der Waals surface area contributed by atoms with E-state index >= 15 is 0 Å². The average molecular weight is 297 g/mol. The van der Waals surface area contributed by atoms with Crippen LogP contribution in [0.15, 0.2) is 36.5 Å². The minimum absolute atomic E-state index is 0.0238. The fraction of sp³-hybridized carbons (Fsp3) is 0.333. The molecule has 4 heteroatoms. The SMILES string of the molecule is Cc1cc(C)cc(Nc2ccc(NC(=O)C(C)(C)C)cn2)c1. The van der Waals surface area contributed by atoms with Gasteiger partial charge in [-0.1, -0.05) is 26.8 Å². The summed E-state index contributed by atoms with van der Waals surface area (Å²) in [6, 6.07) is 9.98. The summed E-state index contributed by atoms with van der Waals surface area (Å²) in [5, 5.41) is 6.13. The third kappa shape index (κ3) is 4.32. The third-order valence-electron chi connectivity index (χ3n) is 3.20. The highest BCUT2D eigenvalue weighted by molar-refractivity contribution is 5.94. The Labute approximate surface area is 132 Å². The number of aryl methyl sites for hydroxylation is 2. The maximum atomic E-state index is 11.9. The summed E-state index contributed by atoms with van der Waals surface area (Å²) in [5.41, 5.74) is 3.70. The van der Waals surface area contributed by atoms with Crippen LogP contribution in [0, 0.1) is 19.3 Å². The lowest BCUT2D eigenvalue weighted by Gasteiger charge is -2.17. The molecule has 2 rings (SSSR count). The third-order valence-corrected chi connectivity index (χ3v) is 3.20. The summed E-state index contributed by atoms with van der Waals surface area (Å²) < 4.78 is 0. The van der Waals surface area contributed by atoms with Crippen LogP contribution >= 0.6 is 0 Å². The van der Waals surface area contributed by atoms with E-state index in [9.17, 15) is 4.79 Å². The van der Waals surface area contributed by atoms with Gasteiger partial charge >= 0.3 is 0 Å². The van der Waals surface area contributed by atoms with Crippen molar-refractivity contribution in [3.8, 4) is 0 Å². The maximum Gasteiger partial charge on any atom is 0.229 e. The number of pyridine rings is 1. The van der Waals surface area contributed by atoms with Gasteiger partial charge in [0.05, 0.1) is 11.9 Å². The van der Waals surface area contributed by atoms with Gasteiger partial charge in [0, 0.05) is 11.1 Å². The Bertz CT molecular complexity index is 649. The van der Waals surface area contributed by atoms with E-state index in [1.807, 2.05) is 32.9 Å². The topological polar surface area (TPSA) is 54.0 Å². The van der Waals surface area contributed by atoms with Gasteiger partial charge in [-0.2, -0.15) is 0 Å². The summed E-state index contributed by atoms with van der Waals surface area (Å²) in [4.78, 5) is 16.3. The number of aromatic nitrogens is 1. The maximum absolute atomic E-state index is 11.9. The number of carbonyl (C=O) groups is 1. The van der Waals surface area contributed by atoms with Crippen LogP contribution in [-0.2, 0) is 4.79 Å². The molecule has 1 aromatic carbocycles. The monoisotopic (exact) mass is 297 g/mol. The van der Waals surface area contributed by atoms with Crippen molar-refractivity contribution in [1.82, 2.24) is 4.98 Å². The van der Waals surface area contributed by atoms with Crippen molar-refractivity contribution in [2.45, 2.75) is 34.6 Å². The molecule has 1 amide bonds. The first-order valence-corrected chi connectivity index (χ1v) is 7.37. The van der Waals surface area contributed by atoms with Crippen LogP contribution in [0.5, 0.6) is 0 Å². The number of amides is 1. The Morgan fingerprint density at radius 1 is 1.00 bits per heavy atom. The molecule has 1 aromatic heterocycles. The fourth-order valence-electron chi connectivity index (χ4n) is 2.06. The standard InChI is InChI=1S/C18H23N3O/c1-12-8-13(2)10-15(9-12)20-16-7-6-14(11-19-16)21-17(22)18(3,4)5/h6-11H,1-5H3,(H,19,20)(H,21,22). The quantitative estimate of drug-likeness (QED) is 0.881. The van der Waals surface area contributed by atoms with E-state index in [2.05, 4.69) is 47.7 Å². The van der Waals surface area contributed by atoms with Crippen LogP contribution in [0.3, 0.4) is 0 Å². The van der Waals surface area contributed by atoms with Crippen molar-refractivity contribution in [3.05, 3.63) is 47.7 Å². The van der Waals surface area contributed by atoms with Crippen molar-refractivity contribution in [2.24, 2.45) is 5.41 Å². The highest BCUT2D eigenvalue weighted by Gasteiger charge is 2.21. The van der Waals surface area contributed by atoms with Gasteiger partial charge in [-0.15, -0.1) is 0 Å². The lowest BCUT2D eigenvalue weighted by molar-refractivity contribution is -0.123. The molecule has 2 N–H and O–H groups in total.